The van der Waals surface area contributed by atoms with Crippen molar-refractivity contribution in [3.63, 3.8) is 0 Å². The molecule has 2 N–H and O–H groups in total. The average molecular weight is 356 g/mol. The van der Waals surface area contributed by atoms with Gasteiger partial charge in [0.1, 0.15) is 0 Å². The number of amides is 2. The number of halogens is 3. The normalized spacial score (nSPS) is 21.0. The van der Waals surface area contributed by atoms with Gasteiger partial charge in [0.15, 0.2) is 0 Å². The van der Waals surface area contributed by atoms with Crippen LogP contribution < -0.4 is 10.6 Å². The van der Waals surface area contributed by atoms with Gasteiger partial charge in [0.25, 0.3) is 0 Å². The van der Waals surface area contributed by atoms with Crippen molar-refractivity contribution < 1.29 is 22.8 Å². The predicted molar refractivity (Wildman–Crippen MR) is 90.0 cm³/mol. The lowest BCUT2D eigenvalue weighted by molar-refractivity contribution is -0.197. The van der Waals surface area contributed by atoms with E-state index >= 15 is 0 Å². The van der Waals surface area contributed by atoms with Crippen LogP contribution in [0, 0.1) is 17.8 Å². The van der Waals surface area contributed by atoms with Gasteiger partial charge in [0.05, 0.1) is 5.92 Å². The van der Waals surface area contributed by atoms with Gasteiger partial charge < -0.3 is 10.6 Å². The quantitative estimate of drug-likeness (QED) is 0.829. The molecule has 1 aromatic rings. The summed E-state index contributed by atoms with van der Waals surface area (Å²) in [4.78, 5) is 24.1. The van der Waals surface area contributed by atoms with Gasteiger partial charge in [-0.25, -0.2) is 0 Å². The maximum Gasteiger partial charge on any atom is 0.392 e. The first kappa shape index (κ1) is 19.3. The highest BCUT2D eigenvalue weighted by Gasteiger charge is 2.48. The molecular weight excluding hydrogens is 333 g/mol. The lowest BCUT2D eigenvalue weighted by Gasteiger charge is -2.32. The van der Waals surface area contributed by atoms with Crippen molar-refractivity contribution in [1.82, 2.24) is 0 Å². The molecule has 2 amide bonds. The first-order chi connectivity index (χ1) is 11.7. The van der Waals surface area contributed by atoms with Gasteiger partial charge in [-0.05, 0) is 31.0 Å². The molecule has 25 heavy (non-hydrogen) atoms. The van der Waals surface area contributed by atoms with E-state index in [0.717, 1.165) is 0 Å². The third kappa shape index (κ3) is 5.21. The highest BCUT2D eigenvalue weighted by atomic mass is 19.4. The monoisotopic (exact) mass is 356 g/mol. The summed E-state index contributed by atoms with van der Waals surface area (Å²) in [6.07, 6.45) is -3.03. The van der Waals surface area contributed by atoms with Crippen molar-refractivity contribution >= 4 is 23.2 Å². The van der Waals surface area contributed by atoms with Gasteiger partial charge in [0.2, 0.25) is 11.8 Å². The van der Waals surface area contributed by atoms with E-state index < -0.39 is 23.9 Å². The zero-order valence-electron chi connectivity index (χ0n) is 14.3. The number of alkyl halides is 3. The number of anilines is 2. The van der Waals surface area contributed by atoms with E-state index in [-0.39, 0.29) is 24.7 Å². The highest BCUT2D eigenvalue weighted by Crippen LogP contribution is 2.41. The van der Waals surface area contributed by atoms with Crippen LogP contribution in [0.3, 0.4) is 0 Å². The molecule has 0 radical (unpaired) electrons. The first-order valence-corrected chi connectivity index (χ1v) is 8.47. The first-order valence-electron chi connectivity index (χ1n) is 8.47. The van der Waals surface area contributed by atoms with Gasteiger partial charge in [-0.15, -0.1) is 0 Å². The Kier molecular flexibility index (Phi) is 6.08. The standard InChI is InChI=1S/C18H23F3N2O2/c1-11(2)16(24)22-12-6-5-7-13(10-12)23-17(25)14-8-3-4-9-15(14)18(19,20)21/h5-7,10-11,14-15H,3-4,8-9H2,1-2H3,(H,22,24)(H,23,25). The molecule has 0 aliphatic heterocycles. The molecule has 0 heterocycles. The maximum atomic E-state index is 13.1. The topological polar surface area (TPSA) is 58.2 Å². The van der Waals surface area contributed by atoms with Crippen molar-refractivity contribution in [2.75, 3.05) is 10.6 Å². The van der Waals surface area contributed by atoms with Crippen LogP contribution in [0.4, 0.5) is 24.5 Å². The summed E-state index contributed by atoms with van der Waals surface area (Å²) in [6.45, 7) is 3.50. The Balaban J connectivity index is 2.08. The molecule has 0 saturated heterocycles. The summed E-state index contributed by atoms with van der Waals surface area (Å²) in [5.41, 5.74) is 0.866. The van der Waals surface area contributed by atoms with E-state index in [1.165, 1.54) is 0 Å². The molecule has 2 atom stereocenters. The minimum Gasteiger partial charge on any atom is -0.326 e. The van der Waals surface area contributed by atoms with Crippen molar-refractivity contribution in [3.05, 3.63) is 24.3 Å². The van der Waals surface area contributed by atoms with Crippen LogP contribution in [-0.4, -0.2) is 18.0 Å². The van der Waals surface area contributed by atoms with Crippen molar-refractivity contribution in [2.24, 2.45) is 17.8 Å². The molecule has 1 fully saturated rings. The van der Waals surface area contributed by atoms with E-state index in [4.69, 9.17) is 0 Å². The molecule has 0 spiro atoms. The fourth-order valence-corrected chi connectivity index (χ4v) is 3.03. The number of nitrogens with one attached hydrogen (secondary N) is 2. The Hall–Kier alpha value is -2.05. The molecule has 1 aliphatic carbocycles. The van der Waals surface area contributed by atoms with Gasteiger partial charge >= 0.3 is 6.18 Å². The molecule has 7 heteroatoms. The second kappa shape index (κ2) is 7.89. The van der Waals surface area contributed by atoms with Crippen LogP contribution in [0.2, 0.25) is 0 Å². The maximum absolute atomic E-state index is 13.1. The van der Waals surface area contributed by atoms with Crippen molar-refractivity contribution in [1.29, 1.82) is 0 Å². The fourth-order valence-electron chi connectivity index (χ4n) is 3.03. The van der Waals surface area contributed by atoms with E-state index in [1.54, 1.807) is 38.1 Å². The molecule has 2 rings (SSSR count). The predicted octanol–water partition coefficient (Wildman–Crippen LogP) is 4.59. The summed E-state index contributed by atoms with van der Waals surface area (Å²) in [5.74, 6) is -3.65. The van der Waals surface area contributed by atoms with E-state index in [1.807, 2.05) is 0 Å². The zero-order chi connectivity index (χ0) is 18.6. The van der Waals surface area contributed by atoms with Gasteiger partial charge in [-0.3, -0.25) is 9.59 Å². The summed E-state index contributed by atoms with van der Waals surface area (Å²) in [7, 11) is 0. The smallest absolute Gasteiger partial charge is 0.326 e. The van der Waals surface area contributed by atoms with E-state index in [0.29, 0.717) is 24.2 Å². The lowest BCUT2D eigenvalue weighted by Crippen LogP contribution is -2.39. The number of benzene rings is 1. The molecular formula is C18H23F3N2O2. The number of hydrogen-bond acceptors (Lipinski definition) is 2. The van der Waals surface area contributed by atoms with Crippen molar-refractivity contribution in [3.8, 4) is 0 Å². The fraction of sp³-hybridized carbons (Fsp3) is 0.556. The number of carbonyl (C=O) groups excluding carboxylic acids is 2. The largest absolute Gasteiger partial charge is 0.392 e. The van der Waals surface area contributed by atoms with E-state index in [9.17, 15) is 22.8 Å². The molecule has 2 unspecified atom stereocenters. The SMILES string of the molecule is CC(C)C(=O)Nc1cccc(NC(=O)C2CCCCC2C(F)(F)F)c1. The third-order valence-corrected chi connectivity index (χ3v) is 4.45. The molecule has 1 saturated carbocycles. The van der Waals surface area contributed by atoms with Gasteiger partial charge in [0, 0.05) is 23.2 Å². The van der Waals surface area contributed by atoms with Crippen LogP contribution in [0.1, 0.15) is 39.5 Å². The van der Waals surface area contributed by atoms with E-state index in [2.05, 4.69) is 10.6 Å². The Bertz CT molecular complexity index is 629. The Labute approximate surface area is 145 Å². The summed E-state index contributed by atoms with van der Waals surface area (Å²) in [6, 6.07) is 6.43. The number of hydrogen-bond donors (Lipinski definition) is 2. The second-order valence-corrected chi connectivity index (χ2v) is 6.75. The minimum atomic E-state index is -4.37. The molecule has 0 aromatic heterocycles. The Morgan fingerprint density at radius 2 is 1.68 bits per heavy atom. The molecule has 4 nitrogen and oxygen atoms in total. The molecule has 1 aliphatic rings. The summed E-state index contributed by atoms with van der Waals surface area (Å²) >= 11 is 0. The van der Waals surface area contributed by atoms with Crippen LogP contribution >= 0.6 is 0 Å². The second-order valence-electron chi connectivity index (χ2n) is 6.75. The number of carbonyl (C=O) groups is 2. The Morgan fingerprint density at radius 1 is 1.08 bits per heavy atom. The van der Waals surface area contributed by atoms with Crippen LogP contribution in [0.15, 0.2) is 24.3 Å². The minimum absolute atomic E-state index is 0.00786. The molecule has 0 bridgehead atoms. The highest BCUT2D eigenvalue weighted by molar-refractivity contribution is 5.95. The summed E-state index contributed by atoms with van der Waals surface area (Å²) < 4.78 is 39.4. The average Bonchev–Trinajstić information content (AvgIpc) is 2.54. The summed E-state index contributed by atoms with van der Waals surface area (Å²) in [5, 5.41) is 5.26. The number of rotatable bonds is 4. The van der Waals surface area contributed by atoms with Crippen LogP contribution in [0.5, 0.6) is 0 Å². The van der Waals surface area contributed by atoms with Crippen LogP contribution in [-0.2, 0) is 9.59 Å². The van der Waals surface area contributed by atoms with Gasteiger partial charge in [-0.2, -0.15) is 13.2 Å². The lowest BCUT2D eigenvalue weighted by atomic mass is 9.78. The Morgan fingerprint density at radius 3 is 2.28 bits per heavy atom. The third-order valence-electron chi connectivity index (χ3n) is 4.45. The molecule has 138 valence electrons. The zero-order valence-corrected chi connectivity index (χ0v) is 14.3. The van der Waals surface area contributed by atoms with Crippen LogP contribution in [0.25, 0.3) is 0 Å². The molecule has 1 aromatic carbocycles. The van der Waals surface area contributed by atoms with Crippen molar-refractivity contribution in [2.45, 2.75) is 45.7 Å². The van der Waals surface area contributed by atoms with Gasteiger partial charge in [-0.1, -0.05) is 32.8 Å².